The molecule has 0 aliphatic carbocycles. The standard InChI is InChI=1S/C19H21N3O/c1-23-19-9-7-17(8-10-19)18(11-12-22-15-20-14-21-22)13-16-5-3-2-4-6-16/h2-10,14-15,18H,11-13H2,1H3/t18-/m1/s1. The van der Waals surface area contributed by atoms with Gasteiger partial charge >= 0.3 is 0 Å². The fourth-order valence-corrected chi connectivity index (χ4v) is 2.80. The third-order valence-electron chi connectivity index (χ3n) is 4.09. The zero-order chi connectivity index (χ0) is 15.9. The number of hydrogen-bond acceptors (Lipinski definition) is 3. The van der Waals surface area contributed by atoms with Crippen LogP contribution in [-0.2, 0) is 13.0 Å². The largest absolute Gasteiger partial charge is 0.497 e. The normalized spacial score (nSPS) is 12.0. The molecule has 118 valence electrons. The van der Waals surface area contributed by atoms with Crippen molar-refractivity contribution in [1.82, 2.24) is 14.8 Å². The van der Waals surface area contributed by atoms with Crippen molar-refractivity contribution in [2.24, 2.45) is 0 Å². The van der Waals surface area contributed by atoms with E-state index in [0.29, 0.717) is 5.92 Å². The van der Waals surface area contributed by atoms with Crippen LogP contribution in [-0.4, -0.2) is 21.9 Å². The molecule has 0 spiro atoms. The molecule has 2 aromatic carbocycles. The minimum absolute atomic E-state index is 0.438. The van der Waals surface area contributed by atoms with E-state index in [1.807, 2.05) is 16.8 Å². The molecule has 23 heavy (non-hydrogen) atoms. The van der Waals surface area contributed by atoms with Gasteiger partial charge in [0.2, 0.25) is 0 Å². The molecule has 3 aromatic rings. The van der Waals surface area contributed by atoms with Crippen LogP contribution in [0.1, 0.15) is 23.5 Å². The van der Waals surface area contributed by atoms with E-state index < -0.39 is 0 Å². The molecule has 1 atom stereocenters. The van der Waals surface area contributed by atoms with Gasteiger partial charge in [0.05, 0.1) is 7.11 Å². The Morgan fingerprint density at radius 2 is 1.83 bits per heavy atom. The quantitative estimate of drug-likeness (QED) is 0.668. The monoisotopic (exact) mass is 307 g/mol. The maximum Gasteiger partial charge on any atom is 0.137 e. The Morgan fingerprint density at radius 3 is 2.48 bits per heavy atom. The summed E-state index contributed by atoms with van der Waals surface area (Å²) >= 11 is 0. The van der Waals surface area contributed by atoms with E-state index in [9.17, 15) is 0 Å². The molecule has 0 amide bonds. The molecule has 0 aliphatic heterocycles. The number of hydrogen-bond donors (Lipinski definition) is 0. The van der Waals surface area contributed by atoms with Gasteiger partial charge in [0, 0.05) is 6.54 Å². The topological polar surface area (TPSA) is 39.9 Å². The highest BCUT2D eigenvalue weighted by Crippen LogP contribution is 2.26. The van der Waals surface area contributed by atoms with E-state index in [-0.39, 0.29) is 0 Å². The average molecular weight is 307 g/mol. The number of aromatic nitrogens is 3. The molecule has 0 N–H and O–H groups in total. The summed E-state index contributed by atoms with van der Waals surface area (Å²) in [5, 5.41) is 4.20. The van der Waals surface area contributed by atoms with Gasteiger partial charge in [-0.05, 0) is 42.0 Å². The van der Waals surface area contributed by atoms with Gasteiger partial charge in [0.25, 0.3) is 0 Å². The van der Waals surface area contributed by atoms with Gasteiger partial charge < -0.3 is 4.74 Å². The van der Waals surface area contributed by atoms with Crippen LogP contribution < -0.4 is 4.74 Å². The molecule has 4 heteroatoms. The van der Waals surface area contributed by atoms with Gasteiger partial charge in [0.15, 0.2) is 0 Å². The van der Waals surface area contributed by atoms with Crippen LogP contribution in [0, 0.1) is 0 Å². The van der Waals surface area contributed by atoms with Crippen molar-refractivity contribution in [3.05, 3.63) is 78.4 Å². The summed E-state index contributed by atoms with van der Waals surface area (Å²) in [7, 11) is 1.70. The minimum atomic E-state index is 0.438. The second kappa shape index (κ2) is 7.58. The zero-order valence-corrected chi connectivity index (χ0v) is 13.3. The van der Waals surface area contributed by atoms with E-state index in [1.165, 1.54) is 11.1 Å². The van der Waals surface area contributed by atoms with E-state index in [1.54, 1.807) is 19.8 Å². The first-order valence-corrected chi connectivity index (χ1v) is 7.85. The Labute approximate surface area is 136 Å². The van der Waals surface area contributed by atoms with E-state index in [2.05, 4.69) is 52.5 Å². The fourth-order valence-electron chi connectivity index (χ4n) is 2.80. The first-order valence-electron chi connectivity index (χ1n) is 7.85. The lowest BCUT2D eigenvalue weighted by Gasteiger charge is -2.18. The Balaban J connectivity index is 1.76. The molecular weight excluding hydrogens is 286 g/mol. The Kier molecular flexibility index (Phi) is 5.04. The highest BCUT2D eigenvalue weighted by atomic mass is 16.5. The molecule has 3 rings (SSSR count). The van der Waals surface area contributed by atoms with Crippen LogP contribution in [0.15, 0.2) is 67.3 Å². The smallest absolute Gasteiger partial charge is 0.137 e. The first kappa shape index (κ1) is 15.3. The molecule has 0 fully saturated rings. The van der Waals surface area contributed by atoms with Crippen molar-refractivity contribution in [3.63, 3.8) is 0 Å². The Morgan fingerprint density at radius 1 is 1.04 bits per heavy atom. The van der Waals surface area contributed by atoms with Crippen molar-refractivity contribution in [2.75, 3.05) is 7.11 Å². The second-order valence-electron chi connectivity index (χ2n) is 5.61. The van der Waals surface area contributed by atoms with Crippen molar-refractivity contribution in [1.29, 1.82) is 0 Å². The lowest BCUT2D eigenvalue weighted by atomic mass is 9.89. The lowest BCUT2D eigenvalue weighted by molar-refractivity contribution is 0.414. The first-order chi connectivity index (χ1) is 11.3. The number of ether oxygens (including phenoxy) is 1. The molecular formula is C19H21N3O. The van der Waals surface area contributed by atoms with E-state index in [0.717, 1.165) is 25.1 Å². The summed E-state index contributed by atoms with van der Waals surface area (Å²) < 4.78 is 7.15. The summed E-state index contributed by atoms with van der Waals surface area (Å²) in [6.45, 7) is 0.865. The van der Waals surface area contributed by atoms with Gasteiger partial charge in [-0.15, -0.1) is 0 Å². The zero-order valence-electron chi connectivity index (χ0n) is 13.3. The van der Waals surface area contributed by atoms with Crippen LogP contribution in [0.4, 0.5) is 0 Å². The van der Waals surface area contributed by atoms with Crippen LogP contribution in [0.2, 0.25) is 0 Å². The van der Waals surface area contributed by atoms with Gasteiger partial charge in [0.1, 0.15) is 18.4 Å². The third kappa shape index (κ3) is 4.19. The molecule has 0 saturated carbocycles. The number of aryl methyl sites for hydroxylation is 1. The van der Waals surface area contributed by atoms with Crippen LogP contribution in [0.3, 0.4) is 0 Å². The Hall–Kier alpha value is -2.62. The maximum absolute atomic E-state index is 5.26. The van der Waals surface area contributed by atoms with Gasteiger partial charge in [-0.2, -0.15) is 5.10 Å². The van der Waals surface area contributed by atoms with Crippen LogP contribution in [0.5, 0.6) is 5.75 Å². The summed E-state index contributed by atoms with van der Waals surface area (Å²) in [6.07, 6.45) is 5.39. The fraction of sp³-hybridized carbons (Fsp3) is 0.263. The molecule has 0 radical (unpaired) electrons. The summed E-state index contributed by atoms with van der Waals surface area (Å²) in [5.41, 5.74) is 2.68. The third-order valence-corrected chi connectivity index (χ3v) is 4.09. The summed E-state index contributed by atoms with van der Waals surface area (Å²) in [5.74, 6) is 1.33. The molecule has 0 unspecified atom stereocenters. The van der Waals surface area contributed by atoms with Gasteiger partial charge in [-0.25, -0.2) is 4.98 Å². The van der Waals surface area contributed by atoms with E-state index in [4.69, 9.17) is 4.74 Å². The molecule has 0 bridgehead atoms. The van der Waals surface area contributed by atoms with E-state index >= 15 is 0 Å². The van der Waals surface area contributed by atoms with Crippen molar-refractivity contribution < 1.29 is 4.74 Å². The molecule has 4 nitrogen and oxygen atoms in total. The number of benzene rings is 2. The highest BCUT2D eigenvalue weighted by Gasteiger charge is 2.13. The van der Waals surface area contributed by atoms with Crippen molar-refractivity contribution >= 4 is 0 Å². The maximum atomic E-state index is 5.26. The minimum Gasteiger partial charge on any atom is -0.497 e. The number of methoxy groups -OCH3 is 1. The summed E-state index contributed by atoms with van der Waals surface area (Å²) in [4.78, 5) is 4.01. The van der Waals surface area contributed by atoms with Gasteiger partial charge in [-0.1, -0.05) is 42.5 Å². The van der Waals surface area contributed by atoms with Crippen molar-refractivity contribution in [2.45, 2.75) is 25.3 Å². The lowest BCUT2D eigenvalue weighted by Crippen LogP contribution is -2.08. The van der Waals surface area contributed by atoms with Crippen LogP contribution in [0.25, 0.3) is 0 Å². The molecule has 1 heterocycles. The molecule has 0 aliphatic rings. The SMILES string of the molecule is COc1ccc([C@H](CCn2cncn2)Cc2ccccc2)cc1. The average Bonchev–Trinajstić information content (AvgIpc) is 3.13. The van der Waals surface area contributed by atoms with Crippen LogP contribution >= 0.6 is 0 Å². The summed E-state index contributed by atoms with van der Waals surface area (Å²) in [6, 6.07) is 19.0. The highest BCUT2D eigenvalue weighted by molar-refractivity contribution is 5.30. The second-order valence-corrected chi connectivity index (χ2v) is 5.61. The number of rotatable bonds is 7. The van der Waals surface area contributed by atoms with Gasteiger partial charge in [-0.3, -0.25) is 4.68 Å². The predicted molar refractivity (Wildman–Crippen MR) is 90.5 cm³/mol. The Bertz CT molecular complexity index is 693. The molecule has 1 aromatic heterocycles. The number of nitrogens with zero attached hydrogens (tertiary/aromatic N) is 3. The predicted octanol–water partition coefficient (Wildman–Crippen LogP) is 3.70. The van der Waals surface area contributed by atoms with Crippen molar-refractivity contribution in [3.8, 4) is 5.75 Å². The molecule has 0 saturated heterocycles.